The Morgan fingerprint density at radius 1 is 1.30 bits per heavy atom. The molecule has 0 aliphatic carbocycles. The van der Waals surface area contributed by atoms with Gasteiger partial charge in [-0.15, -0.1) is 0 Å². The largest absolute Gasteiger partial charge is 0.271 e. The fraction of sp³-hybridized carbons (Fsp3) is 0.357. The molecular formula is C14H18BrN5. The summed E-state index contributed by atoms with van der Waals surface area (Å²) in [5.74, 6) is 5.73. The summed E-state index contributed by atoms with van der Waals surface area (Å²) in [6.07, 6.45) is 5.20. The third kappa shape index (κ3) is 3.59. The lowest BCUT2D eigenvalue weighted by atomic mass is 9.98. The van der Waals surface area contributed by atoms with Crippen LogP contribution in [0.15, 0.2) is 29.0 Å². The van der Waals surface area contributed by atoms with E-state index in [9.17, 15) is 0 Å². The standard InChI is InChI=1S/C14H18BrN5/c1-3-13-12(4-9(2)19-20-13)14(18-16)6-10-5-11(15)8-17-7-10/h4-5,7-8,14,18H,3,6,16H2,1-2H3. The van der Waals surface area contributed by atoms with Crippen LogP contribution >= 0.6 is 15.9 Å². The molecule has 0 aliphatic rings. The van der Waals surface area contributed by atoms with Crippen LogP contribution in [-0.4, -0.2) is 15.2 Å². The summed E-state index contributed by atoms with van der Waals surface area (Å²) in [6.45, 7) is 4.00. The SMILES string of the molecule is CCc1nnc(C)cc1C(Cc1cncc(Br)c1)NN. The molecule has 6 heteroatoms. The molecule has 1 atom stereocenters. The molecule has 0 radical (unpaired) electrons. The van der Waals surface area contributed by atoms with Crippen molar-refractivity contribution in [3.63, 3.8) is 0 Å². The average molecular weight is 336 g/mol. The van der Waals surface area contributed by atoms with Crippen molar-refractivity contribution in [1.29, 1.82) is 0 Å². The van der Waals surface area contributed by atoms with E-state index in [0.29, 0.717) is 0 Å². The highest BCUT2D eigenvalue weighted by Gasteiger charge is 2.16. The van der Waals surface area contributed by atoms with Gasteiger partial charge < -0.3 is 0 Å². The maximum Gasteiger partial charge on any atom is 0.0676 e. The van der Waals surface area contributed by atoms with Crippen molar-refractivity contribution in [2.75, 3.05) is 0 Å². The van der Waals surface area contributed by atoms with Crippen molar-refractivity contribution in [2.24, 2.45) is 5.84 Å². The van der Waals surface area contributed by atoms with Crippen molar-refractivity contribution in [1.82, 2.24) is 20.6 Å². The van der Waals surface area contributed by atoms with Crippen LogP contribution in [0, 0.1) is 6.92 Å². The van der Waals surface area contributed by atoms with Crippen molar-refractivity contribution in [3.05, 3.63) is 51.5 Å². The van der Waals surface area contributed by atoms with Crippen molar-refractivity contribution < 1.29 is 0 Å². The van der Waals surface area contributed by atoms with E-state index in [1.165, 1.54) is 0 Å². The molecule has 20 heavy (non-hydrogen) atoms. The molecule has 0 bridgehead atoms. The highest BCUT2D eigenvalue weighted by atomic mass is 79.9. The van der Waals surface area contributed by atoms with E-state index < -0.39 is 0 Å². The van der Waals surface area contributed by atoms with Gasteiger partial charge in [0, 0.05) is 16.9 Å². The second kappa shape index (κ2) is 6.88. The zero-order valence-corrected chi connectivity index (χ0v) is 13.2. The highest BCUT2D eigenvalue weighted by Crippen LogP contribution is 2.22. The van der Waals surface area contributed by atoms with E-state index in [-0.39, 0.29) is 6.04 Å². The number of nitrogens with zero attached hydrogens (tertiary/aromatic N) is 3. The molecule has 2 aromatic rings. The van der Waals surface area contributed by atoms with Gasteiger partial charge in [0.1, 0.15) is 0 Å². The lowest BCUT2D eigenvalue weighted by molar-refractivity contribution is 0.541. The van der Waals surface area contributed by atoms with Gasteiger partial charge in [-0.25, -0.2) is 0 Å². The third-order valence-electron chi connectivity index (χ3n) is 3.14. The summed E-state index contributed by atoms with van der Waals surface area (Å²) in [5, 5.41) is 8.36. The Morgan fingerprint density at radius 2 is 2.10 bits per heavy atom. The number of nitrogens with two attached hydrogens (primary N) is 1. The normalized spacial score (nSPS) is 12.4. The van der Waals surface area contributed by atoms with Crippen molar-refractivity contribution in [3.8, 4) is 0 Å². The number of aryl methyl sites for hydroxylation is 2. The molecule has 0 saturated carbocycles. The summed E-state index contributed by atoms with van der Waals surface area (Å²) >= 11 is 3.43. The predicted octanol–water partition coefficient (Wildman–Crippen LogP) is 2.25. The number of pyridine rings is 1. The number of hydrazine groups is 1. The van der Waals surface area contributed by atoms with E-state index in [0.717, 1.165) is 39.8 Å². The maximum absolute atomic E-state index is 5.73. The van der Waals surface area contributed by atoms with Crippen LogP contribution < -0.4 is 11.3 Å². The van der Waals surface area contributed by atoms with Crippen molar-refractivity contribution in [2.45, 2.75) is 32.7 Å². The Bertz CT molecular complexity index is 588. The molecule has 0 aliphatic heterocycles. The van der Waals surface area contributed by atoms with Gasteiger partial charge in [-0.1, -0.05) is 6.92 Å². The average Bonchev–Trinajstić information content (AvgIpc) is 2.45. The second-order valence-corrected chi connectivity index (χ2v) is 5.59. The van der Waals surface area contributed by atoms with Crippen molar-refractivity contribution >= 4 is 15.9 Å². The molecule has 1 unspecified atom stereocenters. The lowest BCUT2D eigenvalue weighted by Gasteiger charge is -2.19. The Kier molecular flexibility index (Phi) is 5.17. The van der Waals surface area contributed by atoms with Crippen LogP contribution in [0.25, 0.3) is 0 Å². The smallest absolute Gasteiger partial charge is 0.0676 e. The zero-order valence-electron chi connectivity index (χ0n) is 11.6. The molecule has 0 aromatic carbocycles. The molecule has 2 heterocycles. The Balaban J connectivity index is 2.30. The molecule has 3 N–H and O–H groups in total. The Morgan fingerprint density at radius 3 is 2.75 bits per heavy atom. The Labute approximate surface area is 127 Å². The van der Waals surface area contributed by atoms with E-state index in [4.69, 9.17) is 5.84 Å². The molecule has 106 valence electrons. The van der Waals surface area contributed by atoms with Gasteiger partial charge in [0.25, 0.3) is 0 Å². The van der Waals surface area contributed by atoms with Gasteiger partial charge in [-0.05, 0) is 59.0 Å². The van der Waals surface area contributed by atoms with Gasteiger partial charge in [0.05, 0.1) is 17.4 Å². The van der Waals surface area contributed by atoms with E-state index in [2.05, 4.69) is 43.5 Å². The number of halogens is 1. The first kappa shape index (κ1) is 15.0. The van der Waals surface area contributed by atoms with Gasteiger partial charge in [-0.2, -0.15) is 10.2 Å². The summed E-state index contributed by atoms with van der Waals surface area (Å²) < 4.78 is 0.963. The fourth-order valence-corrected chi connectivity index (χ4v) is 2.58. The number of rotatable bonds is 5. The number of nitrogens with one attached hydrogen (secondary N) is 1. The quantitative estimate of drug-likeness (QED) is 0.647. The molecule has 0 spiro atoms. The van der Waals surface area contributed by atoms with Crippen LogP contribution in [0.3, 0.4) is 0 Å². The maximum atomic E-state index is 5.73. The fourth-order valence-electron chi connectivity index (χ4n) is 2.17. The molecule has 2 aromatic heterocycles. The van der Waals surface area contributed by atoms with E-state index >= 15 is 0 Å². The van der Waals surface area contributed by atoms with E-state index in [1.54, 1.807) is 6.20 Å². The van der Waals surface area contributed by atoms with Crippen LogP contribution in [0.4, 0.5) is 0 Å². The van der Waals surface area contributed by atoms with Gasteiger partial charge in [0.2, 0.25) is 0 Å². The molecular weight excluding hydrogens is 318 g/mol. The lowest BCUT2D eigenvalue weighted by Crippen LogP contribution is -2.31. The molecule has 2 rings (SSSR count). The molecule has 0 fully saturated rings. The van der Waals surface area contributed by atoms with Crippen LogP contribution in [-0.2, 0) is 12.8 Å². The molecule has 0 saturated heterocycles. The first-order valence-corrected chi connectivity index (χ1v) is 7.32. The third-order valence-corrected chi connectivity index (χ3v) is 3.57. The summed E-state index contributed by atoms with van der Waals surface area (Å²) in [7, 11) is 0. The van der Waals surface area contributed by atoms with Gasteiger partial charge >= 0.3 is 0 Å². The van der Waals surface area contributed by atoms with Crippen LogP contribution in [0.2, 0.25) is 0 Å². The minimum atomic E-state index is -0.00440. The second-order valence-electron chi connectivity index (χ2n) is 4.68. The first-order valence-electron chi connectivity index (χ1n) is 6.52. The summed E-state index contributed by atoms with van der Waals surface area (Å²) in [5.41, 5.74) is 6.95. The zero-order chi connectivity index (χ0) is 14.5. The highest BCUT2D eigenvalue weighted by molar-refractivity contribution is 9.10. The molecule has 0 amide bonds. The van der Waals surface area contributed by atoms with Crippen LogP contribution in [0.5, 0.6) is 0 Å². The minimum absolute atomic E-state index is 0.00440. The summed E-state index contributed by atoms with van der Waals surface area (Å²) in [4.78, 5) is 4.18. The number of hydrogen-bond acceptors (Lipinski definition) is 5. The summed E-state index contributed by atoms with van der Waals surface area (Å²) in [6, 6.07) is 4.09. The molecule has 5 nitrogen and oxygen atoms in total. The van der Waals surface area contributed by atoms with E-state index in [1.807, 2.05) is 25.3 Å². The topological polar surface area (TPSA) is 76.7 Å². The predicted molar refractivity (Wildman–Crippen MR) is 81.9 cm³/mol. The van der Waals surface area contributed by atoms with Gasteiger partial charge in [-0.3, -0.25) is 16.3 Å². The number of aromatic nitrogens is 3. The monoisotopic (exact) mass is 335 g/mol. The minimum Gasteiger partial charge on any atom is -0.271 e. The van der Waals surface area contributed by atoms with Gasteiger partial charge in [0.15, 0.2) is 0 Å². The first-order chi connectivity index (χ1) is 9.63. The number of hydrogen-bond donors (Lipinski definition) is 2. The Hall–Kier alpha value is -1.37. The van der Waals surface area contributed by atoms with Crippen LogP contribution in [0.1, 0.15) is 35.5 Å².